The average Bonchev–Trinajstić information content (AvgIpc) is 2.87. The lowest BCUT2D eigenvalue weighted by Crippen LogP contribution is -2.18. The van der Waals surface area contributed by atoms with Crippen LogP contribution in [0.15, 0.2) is 28.8 Å². The smallest absolute Gasteiger partial charge is 0.244 e. The molecule has 0 aliphatic rings. The van der Waals surface area contributed by atoms with Gasteiger partial charge in [-0.15, -0.1) is 0 Å². The Morgan fingerprint density at radius 1 is 1.33 bits per heavy atom. The Kier molecular flexibility index (Phi) is 3.99. The first kappa shape index (κ1) is 13.1. The second-order valence-corrected chi connectivity index (χ2v) is 4.81. The van der Waals surface area contributed by atoms with Gasteiger partial charge in [0.2, 0.25) is 11.7 Å². The van der Waals surface area contributed by atoms with Gasteiger partial charge in [-0.2, -0.15) is 4.98 Å². The van der Waals surface area contributed by atoms with Crippen LogP contribution in [-0.2, 0) is 0 Å². The van der Waals surface area contributed by atoms with Gasteiger partial charge in [-0.25, -0.2) is 0 Å². The summed E-state index contributed by atoms with van der Waals surface area (Å²) in [4.78, 5) is 4.33. The van der Waals surface area contributed by atoms with Gasteiger partial charge >= 0.3 is 0 Å². The van der Waals surface area contributed by atoms with E-state index in [1.54, 1.807) is 12.1 Å². The van der Waals surface area contributed by atoms with Crippen LogP contribution in [0.4, 0.5) is 0 Å². The molecule has 96 valence electrons. The fourth-order valence-corrected chi connectivity index (χ4v) is 1.71. The number of halogens is 1. The van der Waals surface area contributed by atoms with Gasteiger partial charge in [-0.1, -0.05) is 37.0 Å². The number of hydrogen-bond donors (Lipinski definition) is 1. The maximum absolute atomic E-state index is 6.05. The second-order valence-electron chi connectivity index (χ2n) is 4.37. The number of nitrogens with zero attached hydrogens (tertiary/aromatic N) is 2. The van der Waals surface area contributed by atoms with Crippen LogP contribution in [0.25, 0.3) is 11.4 Å². The first-order chi connectivity index (χ1) is 8.61. The molecule has 1 aromatic heterocycles. The predicted octanol–water partition coefficient (Wildman–Crippen LogP) is 3.44. The molecule has 1 aromatic carbocycles. The lowest BCUT2D eigenvalue weighted by atomic mass is 10.0. The van der Waals surface area contributed by atoms with Crippen LogP contribution < -0.4 is 5.73 Å². The van der Waals surface area contributed by atoms with Crippen LogP contribution in [0, 0.1) is 5.92 Å². The molecule has 2 aromatic rings. The Bertz CT molecular complexity index is 509. The van der Waals surface area contributed by atoms with E-state index in [4.69, 9.17) is 21.9 Å². The van der Waals surface area contributed by atoms with E-state index in [0.717, 1.165) is 12.0 Å². The van der Waals surface area contributed by atoms with Crippen molar-refractivity contribution in [2.75, 3.05) is 0 Å². The summed E-state index contributed by atoms with van der Waals surface area (Å²) in [6.07, 6.45) is 0.972. The standard InChI is InChI=1S/C13H16ClN3O/c1-3-8(2)11(15)13-16-12(17-18-13)9-4-6-10(14)7-5-9/h4-8,11H,3,15H2,1-2H3/t8?,11-/m0/s1. The quantitative estimate of drug-likeness (QED) is 0.920. The molecule has 2 N–H and O–H groups in total. The van der Waals surface area contributed by atoms with Crippen molar-refractivity contribution in [2.24, 2.45) is 11.7 Å². The van der Waals surface area contributed by atoms with Crippen LogP contribution in [0.2, 0.25) is 5.02 Å². The van der Waals surface area contributed by atoms with E-state index in [-0.39, 0.29) is 6.04 Å². The highest BCUT2D eigenvalue weighted by molar-refractivity contribution is 6.30. The Hall–Kier alpha value is -1.39. The van der Waals surface area contributed by atoms with Gasteiger partial charge < -0.3 is 10.3 Å². The fraction of sp³-hybridized carbons (Fsp3) is 0.385. The van der Waals surface area contributed by atoms with Crippen molar-refractivity contribution in [2.45, 2.75) is 26.3 Å². The summed E-state index contributed by atoms with van der Waals surface area (Å²) in [6.45, 7) is 4.15. The van der Waals surface area contributed by atoms with E-state index in [2.05, 4.69) is 24.0 Å². The minimum atomic E-state index is -0.219. The molecule has 0 aliphatic carbocycles. The number of aromatic nitrogens is 2. The third-order valence-electron chi connectivity index (χ3n) is 3.09. The van der Waals surface area contributed by atoms with E-state index in [9.17, 15) is 0 Å². The largest absolute Gasteiger partial charge is 0.337 e. The van der Waals surface area contributed by atoms with Crippen molar-refractivity contribution >= 4 is 11.6 Å². The molecule has 1 heterocycles. The Balaban J connectivity index is 2.22. The highest BCUT2D eigenvalue weighted by atomic mass is 35.5. The van der Waals surface area contributed by atoms with Crippen molar-refractivity contribution < 1.29 is 4.52 Å². The monoisotopic (exact) mass is 265 g/mol. The topological polar surface area (TPSA) is 64.9 Å². The van der Waals surface area contributed by atoms with Gasteiger partial charge in [0.25, 0.3) is 0 Å². The molecule has 4 nitrogen and oxygen atoms in total. The zero-order chi connectivity index (χ0) is 13.1. The third-order valence-corrected chi connectivity index (χ3v) is 3.34. The normalized spacial score (nSPS) is 14.4. The van der Waals surface area contributed by atoms with Crippen LogP contribution >= 0.6 is 11.6 Å². The number of nitrogens with two attached hydrogens (primary N) is 1. The van der Waals surface area contributed by atoms with Gasteiger partial charge in [-0.05, 0) is 30.2 Å². The molecule has 0 aliphatic heterocycles. The molecule has 0 fully saturated rings. The minimum absolute atomic E-state index is 0.219. The Morgan fingerprint density at radius 3 is 2.61 bits per heavy atom. The van der Waals surface area contributed by atoms with Crippen LogP contribution in [0.1, 0.15) is 32.2 Å². The molecule has 18 heavy (non-hydrogen) atoms. The van der Waals surface area contributed by atoms with Gasteiger partial charge in [0.1, 0.15) is 0 Å². The summed E-state index contributed by atoms with van der Waals surface area (Å²) < 4.78 is 5.21. The van der Waals surface area contributed by atoms with Crippen LogP contribution in [0.5, 0.6) is 0 Å². The Labute approximate surface area is 111 Å². The molecule has 2 atom stereocenters. The van der Waals surface area contributed by atoms with Crippen LogP contribution in [0.3, 0.4) is 0 Å². The minimum Gasteiger partial charge on any atom is -0.337 e. The van der Waals surface area contributed by atoms with E-state index in [0.29, 0.717) is 22.7 Å². The molecule has 2 rings (SSSR count). The molecule has 0 radical (unpaired) electrons. The highest BCUT2D eigenvalue weighted by Crippen LogP contribution is 2.24. The average molecular weight is 266 g/mol. The van der Waals surface area contributed by atoms with Gasteiger partial charge in [0.15, 0.2) is 0 Å². The van der Waals surface area contributed by atoms with E-state index in [1.165, 1.54) is 0 Å². The Morgan fingerprint density at radius 2 is 2.00 bits per heavy atom. The highest BCUT2D eigenvalue weighted by Gasteiger charge is 2.20. The molecular weight excluding hydrogens is 250 g/mol. The summed E-state index contributed by atoms with van der Waals surface area (Å²) in [5.41, 5.74) is 6.91. The lowest BCUT2D eigenvalue weighted by molar-refractivity contribution is 0.312. The van der Waals surface area contributed by atoms with Crippen LogP contribution in [-0.4, -0.2) is 10.1 Å². The van der Waals surface area contributed by atoms with Crippen molar-refractivity contribution in [3.63, 3.8) is 0 Å². The zero-order valence-electron chi connectivity index (χ0n) is 10.4. The zero-order valence-corrected chi connectivity index (χ0v) is 11.2. The van der Waals surface area contributed by atoms with E-state index in [1.807, 2.05) is 12.1 Å². The second kappa shape index (κ2) is 5.50. The number of rotatable bonds is 4. The molecule has 5 heteroatoms. The van der Waals surface area contributed by atoms with Crippen molar-refractivity contribution in [1.29, 1.82) is 0 Å². The maximum atomic E-state index is 6.05. The lowest BCUT2D eigenvalue weighted by Gasteiger charge is -2.12. The number of hydrogen-bond acceptors (Lipinski definition) is 4. The molecule has 0 bridgehead atoms. The molecule has 1 unspecified atom stereocenters. The number of benzene rings is 1. The summed E-state index contributed by atoms with van der Waals surface area (Å²) in [5.74, 6) is 1.33. The molecule has 0 spiro atoms. The summed E-state index contributed by atoms with van der Waals surface area (Å²) >= 11 is 5.83. The third kappa shape index (κ3) is 2.71. The van der Waals surface area contributed by atoms with Crippen molar-refractivity contribution in [3.05, 3.63) is 35.2 Å². The summed E-state index contributed by atoms with van der Waals surface area (Å²) in [6, 6.07) is 7.07. The van der Waals surface area contributed by atoms with Crippen molar-refractivity contribution in [3.8, 4) is 11.4 Å². The molecule has 0 amide bonds. The molecule has 0 saturated heterocycles. The predicted molar refractivity (Wildman–Crippen MR) is 71.1 cm³/mol. The summed E-state index contributed by atoms with van der Waals surface area (Å²) in [7, 11) is 0. The van der Waals surface area contributed by atoms with Gasteiger partial charge in [-0.3, -0.25) is 0 Å². The maximum Gasteiger partial charge on any atom is 0.244 e. The van der Waals surface area contributed by atoms with Gasteiger partial charge in [0, 0.05) is 10.6 Å². The first-order valence-electron chi connectivity index (χ1n) is 5.97. The molecule has 0 saturated carbocycles. The molecular formula is C13H16ClN3O. The van der Waals surface area contributed by atoms with Crippen molar-refractivity contribution in [1.82, 2.24) is 10.1 Å². The first-order valence-corrected chi connectivity index (χ1v) is 6.34. The fourth-order valence-electron chi connectivity index (χ4n) is 1.58. The SMILES string of the molecule is CCC(C)[C@H](N)c1nc(-c2ccc(Cl)cc2)no1. The summed E-state index contributed by atoms with van der Waals surface area (Å²) in [5, 5.41) is 4.62. The van der Waals surface area contributed by atoms with E-state index >= 15 is 0 Å². The van der Waals surface area contributed by atoms with E-state index < -0.39 is 0 Å². The van der Waals surface area contributed by atoms with Gasteiger partial charge in [0.05, 0.1) is 6.04 Å².